The minimum absolute atomic E-state index is 0.0358. The Bertz CT molecular complexity index is 842. The number of benzene rings is 1. The van der Waals surface area contributed by atoms with Gasteiger partial charge in [-0.15, -0.1) is 0 Å². The molecule has 0 radical (unpaired) electrons. The van der Waals surface area contributed by atoms with Crippen molar-refractivity contribution in [2.45, 2.75) is 12.5 Å². The van der Waals surface area contributed by atoms with E-state index in [0.29, 0.717) is 12.0 Å². The fourth-order valence-electron chi connectivity index (χ4n) is 2.58. The summed E-state index contributed by atoms with van der Waals surface area (Å²) in [6.45, 7) is 0. The zero-order valence-electron chi connectivity index (χ0n) is 11.6. The molecule has 116 valence electrons. The van der Waals surface area contributed by atoms with Gasteiger partial charge in [0.2, 0.25) is 0 Å². The van der Waals surface area contributed by atoms with E-state index in [1.807, 2.05) is 0 Å². The Labute approximate surface area is 127 Å². The molecule has 1 aliphatic heterocycles. The molecule has 1 fully saturated rings. The number of rotatable bonds is 3. The average Bonchev–Trinajstić information content (AvgIpc) is 3.05. The second-order valence-electron chi connectivity index (χ2n) is 5.36. The quantitative estimate of drug-likeness (QED) is 0.864. The van der Waals surface area contributed by atoms with Crippen molar-refractivity contribution in [1.82, 2.24) is 9.78 Å². The van der Waals surface area contributed by atoms with Crippen LogP contribution in [-0.2, 0) is 9.84 Å². The summed E-state index contributed by atoms with van der Waals surface area (Å²) >= 11 is 0. The maximum Gasteiger partial charge on any atom is 0.252 e. The van der Waals surface area contributed by atoms with Gasteiger partial charge in [-0.1, -0.05) is 6.07 Å². The lowest BCUT2D eigenvalue weighted by Gasteiger charge is -2.07. The van der Waals surface area contributed by atoms with Crippen LogP contribution >= 0.6 is 0 Å². The number of nitrogens with two attached hydrogens (primary N) is 1. The molecule has 0 bridgehead atoms. The van der Waals surface area contributed by atoms with Gasteiger partial charge < -0.3 is 10.8 Å². The monoisotopic (exact) mass is 321 g/mol. The lowest BCUT2D eigenvalue weighted by Crippen LogP contribution is -2.11. The first-order valence-corrected chi connectivity index (χ1v) is 8.55. The molecular formula is C14H15N3O4S. The first-order valence-electron chi connectivity index (χ1n) is 6.73. The second kappa shape index (κ2) is 5.13. The summed E-state index contributed by atoms with van der Waals surface area (Å²) in [6, 6.07) is 4.37. The molecule has 1 saturated heterocycles. The van der Waals surface area contributed by atoms with Crippen LogP contribution in [0, 0.1) is 0 Å². The number of hydrogen-bond acceptors (Lipinski definition) is 5. The highest BCUT2D eigenvalue weighted by Crippen LogP contribution is 2.28. The summed E-state index contributed by atoms with van der Waals surface area (Å²) in [4.78, 5) is 11.3. The lowest BCUT2D eigenvalue weighted by molar-refractivity contribution is 0.0998. The van der Waals surface area contributed by atoms with Crippen LogP contribution in [0.4, 0.5) is 0 Å². The van der Waals surface area contributed by atoms with E-state index in [0.717, 1.165) is 5.56 Å². The number of carbonyl (C=O) groups excluding carboxylic acids is 1. The van der Waals surface area contributed by atoms with Crippen LogP contribution in [0.5, 0.6) is 5.75 Å². The Morgan fingerprint density at radius 3 is 2.77 bits per heavy atom. The van der Waals surface area contributed by atoms with Gasteiger partial charge in [0.25, 0.3) is 5.91 Å². The standard InChI is InChI=1S/C14H15N3O4S/c15-14(19)12-5-9(1-2-13(12)18)10-6-16-17(7-10)11-3-4-22(20,21)8-11/h1-2,5-7,11,18H,3-4,8H2,(H2,15,19). The summed E-state index contributed by atoms with van der Waals surface area (Å²) in [6.07, 6.45) is 3.89. The van der Waals surface area contributed by atoms with E-state index in [4.69, 9.17) is 5.73 Å². The largest absolute Gasteiger partial charge is 0.507 e. The highest BCUT2D eigenvalue weighted by molar-refractivity contribution is 7.91. The third-order valence-corrected chi connectivity index (χ3v) is 5.53. The molecule has 1 aromatic carbocycles. The van der Waals surface area contributed by atoms with Crippen LogP contribution in [0.1, 0.15) is 22.8 Å². The fourth-order valence-corrected chi connectivity index (χ4v) is 4.29. The Kier molecular flexibility index (Phi) is 3.40. The molecular weight excluding hydrogens is 306 g/mol. The van der Waals surface area contributed by atoms with Crippen molar-refractivity contribution in [3.05, 3.63) is 36.2 Å². The predicted octanol–water partition coefficient (Wildman–Crippen LogP) is 0.714. The molecule has 3 N–H and O–H groups in total. The number of nitrogens with zero attached hydrogens (tertiary/aromatic N) is 2. The van der Waals surface area contributed by atoms with Crippen LogP contribution < -0.4 is 5.73 Å². The Balaban J connectivity index is 1.91. The van der Waals surface area contributed by atoms with Crippen LogP contribution in [-0.4, -0.2) is 40.7 Å². The average molecular weight is 321 g/mol. The van der Waals surface area contributed by atoms with Gasteiger partial charge in [-0.3, -0.25) is 9.48 Å². The molecule has 2 heterocycles. The number of aromatic hydroxyl groups is 1. The van der Waals surface area contributed by atoms with Gasteiger partial charge in [0.1, 0.15) is 5.75 Å². The van der Waals surface area contributed by atoms with Crippen LogP contribution in [0.25, 0.3) is 11.1 Å². The summed E-state index contributed by atoms with van der Waals surface area (Å²) in [5.41, 5.74) is 6.65. The molecule has 22 heavy (non-hydrogen) atoms. The smallest absolute Gasteiger partial charge is 0.252 e. The SMILES string of the molecule is NC(=O)c1cc(-c2cnn(C3CCS(=O)(=O)C3)c2)ccc1O. The van der Waals surface area contributed by atoms with E-state index in [9.17, 15) is 18.3 Å². The minimum Gasteiger partial charge on any atom is -0.507 e. The van der Waals surface area contributed by atoms with Gasteiger partial charge in [-0.2, -0.15) is 5.10 Å². The van der Waals surface area contributed by atoms with Crippen LogP contribution in [0.3, 0.4) is 0 Å². The maximum atomic E-state index is 11.5. The van der Waals surface area contributed by atoms with Gasteiger partial charge in [-0.25, -0.2) is 8.42 Å². The zero-order chi connectivity index (χ0) is 15.9. The Morgan fingerprint density at radius 2 is 2.14 bits per heavy atom. The molecule has 1 aliphatic rings. The third kappa shape index (κ3) is 2.69. The number of sulfone groups is 1. The highest BCUT2D eigenvalue weighted by Gasteiger charge is 2.29. The molecule has 1 atom stereocenters. The highest BCUT2D eigenvalue weighted by atomic mass is 32.2. The number of carbonyl (C=O) groups is 1. The zero-order valence-corrected chi connectivity index (χ0v) is 12.5. The van der Waals surface area contributed by atoms with E-state index in [-0.39, 0.29) is 28.9 Å². The fraction of sp³-hybridized carbons (Fsp3) is 0.286. The van der Waals surface area contributed by atoms with Gasteiger partial charge in [0.15, 0.2) is 9.84 Å². The third-order valence-electron chi connectivity index (χ3n) is 3.78. The second-order valence-corrected chi connectivity index (χ2v) is 7.59. The van der Waals surface area contributed by atoms with Crippen LogP contribution in [0.2, 0.25) is 0 Å². The molecule has 1 amide bonds. The Morgan fingerprint density at radius 1 is 1.36 bits per heavy atom. The molecule has 0 aliphatic carbocycles. The van der Waals surface area contributed by atoms with Crippen molar-refractivity contribution >= 4 is 15.7 Å². The molecule has 0 saturated carbocycles. The van der Waals surface area contributed by atoms with Crippen molar-refractivity contribution in [3.63, 3.8) is 0 Å². The maximum absolute atomic E-state index is 11.5. The van der Waals surface area contributed by atoms with Crippen molar-refractivity contribution in [3.8, 4) is 16.9 Å². The molecule has 1 aromatic heterocycles. The number of amides is 1. The minimum atomic E-state index is -2.98. The molecule has 0 spiro atoms. The molecule has 8 heteroatoms. The molecule has 2 aromatic rings. The van der Waals surface area contributed by atoms with Gasteiger partial charge in [-0.05, 0) is 24.1 Å². The van der Waals surface area contributed by atoms with E-state index < -0.39 is 15.7 Å². The van der Waals surface area contributed by atoms with Crippen molar-refractivity contribution in [1.29, 1.82) is 0 Å². The summed E-state index contributed by atoms with van der Waals surface area (Å²) in [5, 5.41) is 13.8. The number of aromatic nitrogens is 2. The summed E-state index contributed by atoms with van der Waals surface area (Å²) in [5.74, 6) is -0.618. The molecule has 1 unspecified atom stereocenters. The van der Waals surface area contributed by atoms with Crippen LogP contribution in [0.15, 0.2) is 30.6 Å². The van der Waals surface area contributed by atoms with Gasteiger partial charge in [0, 0.05) is 11.8 Å². The predicted molar refractivity (Wildman–Crippen MR) is 80.2 cm³/mol. The van der Waals surface area contributed by atoms with Gasteiger partial charge >= 0.3 is 0 Å². The first-order chi connectivity index (χ1) is 10.4. The van der Waals surface area contributed by atoms with Crippen molar-refractivity contribution in [2.24, 2.45) is 5.73 Å². The number of phenols is 1. The van der Waals surface area contributed by atoms with Gasteiger partial charge in [0.05, 0.1) is 29.3 Å². The van der Waals surface area contributed by atoms with E-state index in [2.05, 4.69) is 5.10 Å². The number of primary amides is 1. The molecule has 7 nitrogen and oxygen atoms in total. The summed E-state index contributed by atoms with van der Waals surface area (Å²) in [7, 11) is -2.98. The normalized spacial score (nSPS) is 20.1. The lowest BCUT2D eigenvalue weighted by atomic mass is 10.1. The number of hydrogen-bond donors (Lipinski definition) is 2. The Hall–Kier alpha value is -2.35. The molecule has 3 rings (SSSR count). The van der Waals surface area contributed by atoms with E-state index in [1.54, 1.807) is 23.1 Å². The van der Waals surface area contributed by atoms with Crippen molar-refractivity contribution < 1.29 is 18.3 Å². The topological polar surface area (TPSA) is 115 Å². The van der Waals surface area contributed by atoms with E-state index in [1.165, 1.54) is 12.1 Å². The first kappa shape index (κ1) is 14.6. The summed E-state index contributed by atoms with van der Waals surface area (Å²) < 4.78 is 24.7. The van der Waals surface area contributed by atoms with E-state index >= 15 is 0 Å². The van der Waals surface area contributed by atoms with Crippen molar-refractivity contribution in [2.75, 3.05) is 11.5 Å².